The lowest BCUT2D eigenvalue weighted by Crippen LogP contribution is -2.15. The molecule has 0 aliphatic rings. The lowest BCUT2D eigenvalue weighted by atomic mass is 9.96. The van der Waals surface area contributed by atoms with Gasteiger partial charge in [-0.2, -0.15) is 0 Å². The summed E-state index contributed by atoms with van der Waals surface area (Å²) < 4.78 is 1.01. The van der Waals surface area contributed by atoms with Crippen molar-refractivity contribution in [3.05, 3.63) is 28.7 Å². The summed E-state index contributed by atoms with van der Waals surface area (Å²) in [5, 5.41) is 2.90. The van der Waals surface area contributed by atoms with Gasteiger partial charge in [-0.1, -0.05) is 29.3 Å². The fraction of sp³-hybridized carbons (Fsp3) is 0.500. The number of anilines is 1. The summed E-state index contributed by atoms with van der Waals surface area (Å²) in [6, 6.07) is 7.61. The van der Waals surface area contributed by atoms with E-state index in [2.05, 4.69) is 28.2 Å². The summed E-state index contributed by atoms with van der Waals surface area (Å²) in [6.07, 6.45) is 3.56. The Hall–Kier alpha value is -0.870. The van der Waals surface area contributed by atoms with E-state index in [1.165, 1.54) is 0 Å². The molecule has 0 aliphatic heterocycles. The van der Waals surface area contributed by atoms with Crippen LogP contribution in [-0.4, -0.2) is 12.5 Å². The van der Waals surface area contributed by atoms with Crippen LogP contribution >= 0.6 is 15.9 Å². The Morgan fingerprint density at radius 3 is 2.56 bits per heavy atom. The van der Waals surface area contributed by atoms with Crippen LogP contribution in [0.25, 0.3) is 0 Å². The lowest BCUT2D eigenvalue weighted by molar-refractivity contribution is -0.116. The van der Waals surface area contributed by atoms with Crippen molar-refractivity contribution in [3.8, 4) is 0 Å². The monoisotopic (exact) mass is 312 g/mol. The molecule has 1 rings (SSSR count). The minimum absolute atomic E-state index is 0.0767. The SMILES string of the molecule is CCC(CCN)CCC(=O)Nc1ccc(Br)cc1. The molecule has 0 bridgehead atoms. The highest BCUT2D eigenvalue weighted by atomic mass is 79.9. The molecule has 3 nitrogen and oxygen atoms in total. The summed E-state index contributed by atoms with van der Waals surface area (Å²) in [5.74, 6) is 0.637. The number of nitrogens with two attached hydrogens (primary N) is 1. The number of benzene rings is 1. The van der Waals surface area contributed by atoms with Crippen molar-refractivity contribution in [1.29, 1.82) is 0 Å². The van der Waals surface area contributed by atoms with Crippen LogP contribution in [0.3, 0.4) is 0 Å². The Morgan fingerprint density at radius 1 is 1.33 bits per heavy atom. The molecule has 0 aromatic heterocycles. The van der Waals surface area contributed by atoms with E-state index in [1.54, 1.807) is 0 Å². The first-order valence-electron chi connectivity index (χ1n) is 6.41. The van der Waals surface area contributed by atoms with Gasteiger partial charge in [0.2, 0.25) is 5.91 Å². The van der Waals surface area contributed by atoms with Crippen molar-refractivity contribution in [3.63, 3.8) is 0 Å². The maximum atomic E-state index is 11.8. The van der Waals surface area contributed by atoms with E-state index in [0.29, 0.717) is 18.9 Å². The number of carbonyl (C=O) groups excluding carboxylic acids is 1. The van der Waals surface area contributed by atoms with Gasteiger partial charge in [-0.25, -0.2) is 0 Å². The van der Waals surface area contributed by atoms with Gasteiger partial charge in [0.05, 0.1) is 0 Å². The van der Waals surface area contributed by atoms with Crippen molar-refractivity contribution in [2.45, 2.75) is 32.6 Å². The number of halogens is 1. The van der Waals surface area contributed by atoms with E-state index in [4.69, 9.17) is 5.73 Å². The Bertz CT molecular complexity index is 365. The molecule has 4 heteroatoms. The smallest absolute Gasteiger partial charge is 0.224 e. The first-order valence-corrected chi connectivity index (χ1v) is 7.20. The molecule has 100 valence electrons. The fourth-order valence-electron chi connectivity index (χ4n) is 1.88. The number of rotatable bonds is 7. The van der Waals surface area contributed by atoms with Gasteiger partial charge in [-0.15, -0.1) is 0 Å². The average molecular weight is 313 g/mol. The molecular weight excluding hydrogens is 292 g/mol. The maximum absolute atomic E-state index is 11.8. The molecule has 0 radical (unpaired) electrons. The van der Waals surface area contributed by atoms with Gasteiger partial charge >= 0.3 is 0 Å². The van der Waals surface area contributed by atoms with Crippen LogP contribution in [0.1, 0.15) is 32.6 Å². The van der Waals surface area contributed by atoms with E-state index < -0.39 is 0 Å². The predicted octanol–water partition coefficient (Wildman–Crippen LogP) is 3.54. The summed E-state index contributed by atoms with van der Waals surface area (Å²) in [6.45, 7) is 2.85. The fourth-order valence-corrected chi connectivity index (χ4v) is 2.14. The molecule has 1 unspecified atom stereocenters. The zero-order valence-electron chi connectivity index (χ0n) is 10.8. The molecule has 0 saturated carbocycles. The van der Waals surface area contributed by atoms with E-state index in [-0.39, 0.29) is 5.91 Å². The second kappa shape index (κ2) is 8.27. The molecule has 1 aromatic rings. The standard InChI is InChI=1S/C14H21BrN2O/c1-2-11(9-10-16)3-8-14(18)17-13-6-4-12(15)5-7-13/h4-7,11H,2-3,8-10,16H2,1H3,(H,17,18). The van der Waals surface area contributed by atoms with Gasteiger partial charge in [0.15, 0.2) is 0 Å². The van der Waals surface area contributed by atoms with Gasteiger partial charge in [0.25, 0.3) is 0 Å². The lowest BCUT2D eigenvalue weighted by Gasteiger charge is -2.13. The van der Waals surface area contributed by atoms with Gasteiger partial charge < -0.3 is 11.1 Å². The summed E-state index contributed by atoms with van der Waals surface area (Å²) >= 11 is 3.36. The quantitative estimate of drug-likeness (QED) is 0.809. The highest BCUT2D eigenvalue weighted by Gasteiger charge is 2.09. The van der Waals surface area contributed by atoms with Crippen LogP contribution in [-0.2, 0) is 4.79 Å². The van der Waals surface area contributed by atoms with Crippen LogP contribution in [0.15, 0.2) is 28.7 Å². The largest absolute Gasteiger partial charge is 0.330 e. The predicted molar refractivity (Wildman–Crippen MR) is 79.5 cm³/mol. The second-order valence-corrected chi connectivity index (χ2v) is 5.36. The van der Waals surface area contributed by atoms with Crippen LogP contribution in [0.2, 0.25) is 0 Å². The van der Waals surface area contributed by atoms with Crippen LogP contribution in [0.4, 0.5) is 5.69 Å². The molecule has 0 spiro atoms. The summed E-state index contributed by atoms with van der Waals surface area (Å²) in [5.41, 5.74) is 6.39. The average Bonchev–Trinajstić information content (AvgIpc) is 2.37. The highest BCUT2D eigenvalue weighted by Crippen LogP contribution is 2.17. The molecule has 18 heavy (non-hydrogen) atoms. The Balaban J connectivity index is 2.35. The molecular formula is C14H21BrN2O. The van der Waals surface area contributed by atoms with E-state index in [9.17, 15) is 4.79 Å². The molecule has 0 fully saturated rings. The Morgan fingerprint density at radius 2 is 2.00 bits per heavy atom. The van der Waals surface area contributed by atoms with Gasteiger partial charge in [0, 0.05) is 16.6 Å². The molecule has 0 heterocycles. The number of hydrogen-bond donors (Lipinski definition) is 2. The van der Waals surface area contributed by atoms with E-state index in [0.717, 1.165) is 29.4 Å². The van der Waals surface area contributed by atoms with Crippen molar-refractivity contribution in [2.75, 3.05) is 11.9 Å². The zero-order valence-corrected chi connectivity index (χ0v) is 12.4. The van der Waals surface area contributed by atoms with Crippen LogP contribution in [0.5, 0.6) is 0 Å². The summed E-state index contributed by atoms with van der Waals surface area (Å²) in [4.78, 5) is 11.8. The molecule has 0 saturated heterocycles. The third-order valence-corrected chi connectivity index (χ3v) is 3.59. The molecule has 1 amide bonds. The van der Waals surface area contributed by atoms with E-state index in [1.807, 2.05) is 24.3 Å². The number of nitrogens with one attached hydrogen (secondary N) is 1. The first-order chi connectivity index (χ1) is 8.65. The van der Waals surface area contributed by atoms with Gasteiger partial charge in [0.1, 0.15) is 0 Å². The third-order valence-electron chi connectivity index (χ3n) is 3.06. The Kier molecular flexibility index (Phi) is 6.98. The zero-order chi connectivity index (χ0) is 13.4. The molecule has 3 N–H and O–H groups in total. The minimum Gasteiger partial charge on any atom is -0.330 e. The van der Waals surface area contributed by atoms with Gasteiger partial charge in [-0.3, -0.25) is 4.79 Å². The third kappa shape index (κ3) is 5.65. The van der Waals surface area contributed by atoms with Crippen molar-refractivity contribution in [1.82, 2.24) is 0 Å². The number of carbonyl (C=O) groups is 1. The number of hydrogen-bond acceptors (Lipinski definition) is 2. The second-order valence-electron chi connectivity index (χ2n) is 4.45. The molecule has 0 aliphatic carbocycles. The number of amides is 1. The maximum Gasteiger partial charge on any atom is 0.224 e. The van der Waals surface area contributed by atoms with Crippen molar-refractivity contribution >= 4 is 27.5 Å². The Labute approximate surface area is 117 Å². The van der Waals surface area contributed by atoms with Gasteiger partial charge in [-0.05, 0) is 49.6 Å². The van der Waals surface area contributed by atoms with Crippen molar-refractivity contribution in [2.24, 2.45) is 11.7 Å². The summed E-state index contributed by atoms with van der Waals surface area (Å²) in [7, 11) is 0. The first kappa shape index (κ1) is 15.2. The van der Waals surface area contributed by atoms with Crippen LogP contribution < -0.4 is 11.1 Å². The molecule has 1 atom stereocenters. The topological polar surface area (TPSA) is 55.1 Å². The van der Waals surface area contributed by atoms with Crippen LogP contribution in [0, 0.1) is 5.92 Å². The normalized spacial score (nSPS) is 12.2. The minimum atomic E-state index is 0.0767. The highest BCUT2D eigenvalue weighted by molar-refractivity contribution is 9.10. The van der Waals surface area contributed by atoms with Crippen molar-refractivity contribution < 1.29 is 4.79 Å². The molecule has 1 aromatic carbocycles. The van der Waals surface area contributed by atoms with E-state index >= 15 is 0 Å².